The molecule has 34 heavy (non-hydrogen) atoms. The topological polar surface area (TPSA) is 44.2 Å². The number of rotatable bonds is 14. The average Bonchev–Trinajstić information content (AvgIpc) is 2.85. The third-order valence-corrected chi connectivity index (χ3v) is 5.61. The van der Waals surface area contributed by atoms with Crippen LogP contribution in [0.5, 0.6) is 5.75 Å². The molecular weight excluding hydrogens is 427 g/mol. The Balaban J connectivity index is 1.55. The van der Waals surface area contributed by atoms with Gasteiger partial charge in [0.2, 0.25) is 0 Å². The quantitative estimate of drug-likeness (QED) is 0.181. The molecule has 3 aromatic rings. The number of halogens is 1. The van der Waals surface area contributed by atoms with E-state index in [1.807, 2.05) is 36.4 Å². The second-order valence-corrected chi connectivity index (χ2v) is 8.46. The maximum Gasteiger partial charge on any atom is 0.131 e. The number of hydrogen-bond donors (Lipinski definition) is 0. The maximum atomic E-state index is 14.7. The van der Waals surface area contributed by atoms with E-state index in [0.29, 0.717) is 29.2 Å². The summed E-state index contributed by atoms with van der Waals surface area (Å²) in [5.74, 6) is 0.446. The van der Waals surface area contributed by atoms with Crippen molar-refractivity contribution in [1.82, 2.24) is 9.97 Å². The van der Waals surface area contributed by atoms with Gasteiger partial charge in [0, 0.05) is 23.8 Å². The number of fused-ring (bicyclic) bond motifs is 1. The van der Waals surface area contributed by atoms with Gasteiger partial charge in [-0.05, 0) is 50.8 Å². The lowest BCUT2D eigenvalue weighted by molar-refractivity contribution is 0.0566. The number of allylic oxidation sites excluding steroid dienone is 1. The fourth-order valence-corrected chi connectivity index (χ4v) is 3.65. The van der Waals surface area contributed by atoms with Crippen LogP contribution >= 0.6 is 0 Å². The summed E-state index contributed by atoms with van der Waals surface area (Å²) in [5.41, 5.74) is 3.37. The molecule has 0 radical (unpaired) electrons. The number of benzene rings is 2. The Kier molecular flexibility index (Phi) is 10.2. The van der Waals surface area contributed by atoms with E-state index < -0.39 is 0 Å². The van der Waals surface area contributed by atoms with Crippen molar-refractivity contribution in [3.63, 3.8) is 0 Å². The number of ether oxygens (including phenoxy) is 2. The Hall–Kier alpha value is -3.05. The highest BCUT2D eigenvalue weighted by atomic mass is 19.1. The van der Waals surface area contributed by atoms with E-state index in [2.05, 4.69) is 30.4 Å². The molecule has 1 aromatic heterocycles. The van der Waals surface area contributed by atoms with Crippen molar-refractivity contribution in [3.05, 3.63) is 72.7 Å². The molecule has 2 aromatic carbocycles. The largest absolute Gasteiger partial charge is 0.489 e. The van der Waals surface area contributed by atoms with E-state index in [1.165, 1.54) is 18.9 Å². The molecule has 180 valence electrons. The zero-order valence-electron chi connectivity index (χ0n) is 20.3. The van der Waals surface area contributed by atoms with Crippen molar-refractivity contribution >= 4 is 17.1 Å². The van der Waals surface area contributed by atoms with Crippen LogP contribution in [-0.4, -0.2) is 29.3 Å². The number of unbranched alkanes of at least 4 members (excludes halogenated alkanes) is 3. The smallest absolute Gasteiger partial charge is 0.131 e. The molecule has 1 heterocycles. The highest BCUT2D eigenvalue weighted by Crippen LogP contribution is 2.24. The van der Waals surface area contributed by atoms with Crippen LogP contribution in [0.15, 0.2) is 61.3 Å². The normalized spacial score (nSPS) is 12.3. The van der Waals surface area contributed by atoms with Gasteiger partial charge in [0.15, 0.2) is 0 Å². The number of nitrogens with zero attached hydrogens (tertiary/aromatic N) is 2. The van der Waals surface area contributed by atoms with E-state index in [-0.39, 0.29) is 11.9 Å². The van der Waals surface area contributed by atoms with Crippen LogP contribution in [0.4, 0.5) is 4.39 Å². The Bertz CT molecular complexity index is 1100. The Morgan fingerprint density at radius 3 is 2.76 bits per heavy atom. The molecule has 0 fully saturated rings. The molecule has 1 unspecified atom stereocenters. The second-order valence-electron chi connectivity index (χ2n) is 8.46. The van der Waals surface area contributed by atoms with Gasteiger partial charge in [0.05, 0.1) is 29.0 Å². The van der Waals surface area contributed by atoms with Crippen molar-refractivity contribution in [3.8, 4) is 17.0 Å². The van der Waals surface area contributed by atoms with Crippen LogP contribution in [0.1, 0.15) is 57.9 Å². The molecule has 3 rings (SSSR count). The molecule has 1 atom stereocenters. The number of aromatic nitrogens is 2. The van der Waals surface area contributed by atoms with Gasteiger partial charge in [-0.3, -0.25) is 4.98 Å². The third kappa shape index (κ3) is 7.77. The molecule has 0 aliphatic carbocycles. The van der Waals surface area contributed by atoms with Gasteiger partial charge < -0.3 is 9.47 Å². The van der Waals surface area contributed by atoms with Crippen LogP contribution in [0.3, 0.4) is 0 Å². The van der Waals surface area contributed by atoms with Gasteiger partial charge in [-0.15, -0.1) is 0 Å². The van der Waals surface area contributed by atoms with E-state index in [0.717, 1.165) is 43.3 Å². The molecule has 0 saturated carbocycles. The van der Waals surface area contributed by atoms with E-state index >= 15 is 0 Å². The van der Waals surface area contributed by atoms with Crippen LogP contribution in [0, 0.1) is 5.82 Å². The van der Waals surface area contributed by atoms with E-state index in [9.17, 15) is 4.39 Å². The molecule has 0 aliphatic rings. The Morgan fingerprint density at radius 2 is 1.97 bits per heavy atom. The highest BCUT2D eigenvalue weighted by Gasteiger charge is 2.08. The molecule has 0 amide bonds. The summed E-state index contributed by atoms with van der Waals surface area (Å²) < 4.78 is 26.1. The lowest BCUT2D eigenvalue weighted by Gasteiger charge is -2.12. The Labute approximate surface area is 202 Å². The monoisotopic (exact) mass is 462 g/mol. The van der Waals surface area contributed by atoms with Crippen molar-refractivity contribution < 1.29 is 13.9 Å². The molecule has 0 saturated heterocycles. The summed E-state index contributed by atoms with van der Waals surface area (Å²) in [5, 5.41) is 0. The minimum absolute atomic E-state index is 0.267. The molecule has 0 bridgehead atoms. The number of hydrogen-bond acceptors (Lipinski definition) is 4. The fourth-order valence-electron chi connectivity index (χ4n) is 3.65. The molecule has 5 heteroatoms. The van der Waals surface area contributed by atoms with Crippen LogP contribution in [0.25, 0.3) is 28.4 Å². The van der Waals surface area contributed by atoms with Crippen LogP contribution < -0.4 is 4.74 Å². The van der Waals surface area contributed by atoms with Gasteiger partial charge >= 0.3 is 0 Å². The van der Waals surface area contributed by atoms with E-state index in [1.54, 1.807) is 18.3 Å². The summed E-state index contributed by atoms with van der Waals surface area (Å²) in [6, 6.07) is 10.7. The first kappa shape index (κ1) is 25.6. The molecule has 4 nitrogen and oxygen atoms in total. The van der Waals surface area contributed by atoms with Gasteiger partial charge in [-0.2, -0.15) is 0 Å². The van der Waals surface area contributed by atoms with Gasteiger partial charge in [-0.25, -0.2) is 9.37 Å². The van der Waals surface area contributed by atoms with Crippen molar-refractivity contribution in [1.29, 1.82) is 0 Å². The predicted molar refractivity (Wildman–Crippen MR) is 138 cm³/mol. The van der Waals surface area contributed by atoms with Crippen LogP contribution in [-0.2, 0) is 4.74 Å². The SMILES string of the molecule is C=CCOc1ccc2nc(-c3ccc(C=CCCCC(C)OCCCCC)c(F)c3)cnc2c1. The first-order chi connectivity index (χ1) is 16.6. The maximum absolute atomic E-state index is 14.7. The molecule has 0 N–H and O–H groups in total. The summed E-state index contributed by atoms with van der Waals surface area (Å²) in [6.45, 7) is 9.24. The van der Waals surface area contributed by atoms with Crippen molar-refractivity contribution in [2.45, 2.75) is 58.5 Å². The van der Waals surface area contributed by atoms with Crippen LogP contribution in [0.2, 0.25) is 0 Å². The van der Waals surface area contributed by atoms with Crippen molar-refractivity contribution in [2.75, 3.05) is 13.2 Å². The molecular formula is C29H35FN2O2. The average molecular weight is 463 g/mol. The summed E-state index contributed by atoms with van der Waals surface area (Å²) in [6.07, 6.45) is 14.0. The third-order valence-electron chi connectivity index (χ3n) is 5.61. The highest BCUT2D eigenvalue weighted by molar-refractivity contribution is 5.78. The zero-order chi connectivity index (χ0) is 24.2. The lowest BCUT2D eigenvalue weighted by Crippen LogP contribution is -2.08. The van der Waals surface area contributed by atoms with Gasteiger partial charge in [-0.1, -0.05) is 56.7 Å². The minimum atomic E-state index is -0.267. The molecule has 0 aliphatic heterocycles. The van der Waals surface area contributed by atoms with Crippen molar-refractivity contribution in [2.24, 2.45) is 0 Å². The predicted octanol–water partition coefficient (Wildman–Crippen LogP) is 7.78. The van der Waals surface area contributed by atoms with Gasteiger partial charge in [0.1, 0.15) is 18.2 Å². The summed E-state index contributed by atoms with van der Waals surface area (Å²) in [4.78, 5) is 9.11. The first-order valence-electron chi connectivity index (χ1n) is 12.2. The zero-order valence-corrected chi connectivity index (χ0v) is 20.3. The minimum Gasteiger partial charge on any atom is -0.489 e. The second kappa shape index (κ2) is 13.6. The fraction of sp³-hybridized carbons (Fsp3) is 0.379. The summed E-state index contributed by atoms with van der Waals surface area (Å²) >= 11 is 0. The standard InChI is InChI=1S/C29H35FN2O2/c1-4-6-10-18-33-22(3)11-8-7-9-12-23-13-14-24(19-26(23)30)29-21-31-28-20-25(34-17-5-2)15-16-27(28)32-29/h5,9,12-16,19-22H,2,4,6-8,10-11,17-18H2,1,3H3. The molecule has 0 spiro atoms. The first-order valence-corrected chi connectivity index (χ1v) is 12.2. The van der Waals surface area contributed by atoms with E-state index in [4.69, 9.17) is 9.47 Å². The Morgan fingerprint density at radius 1 is 1.09 bits per heavy atom. The summed E-state index contributed by atoms with van der Waals surface area (Å²) in [7, 11) is 0. The lowest BCUT2D eigenvalue weighted by atomic mass is 10.1. The van der Waals surface area contributed by atoms with Gasteiger partial charge in [0.25, 0.3) is 0 Å².